The SMILES string of the molecule is CC(C)[C@H](C(=O)N1CC(CN)CC1C)N(C)C. The number of hydrogen-bond acceptors (Lipinski definition) is 3. The Morgan fingerprint density at radius 2 is 2.06 bits per heavy atom. The molecule has 1 fully saturated rings. The van der Waals surface area contributed by atoms with Crippen LogP contribution in [0.25, 0.3) is 0 Å². The minimum absolute atomic E-state index is 0.0195. The molecule has 2 N–H and O–H groups in total. The van der Waals surface area contributed by atoms with Crippen molar-refractivity contribution in [2.24, 2.45) is 17.6 Å². The molecule has 0 aromatic carbocycles. The molecule has 3 atom stereocenters. The van der Waals surface area contributed by atoms with Gasteiger partial charge in [0.2, 0.25) is 5.91 Å². The lowest BCUT2D eigenvalue weighted by Crippen LogP contribution is -2.49. The number of nitrogens with zero attached hydrogens (tertiary/aromatic N) is 2. The maximum Gasteiger partial charge on any atom is 0.240 e. The summed E-state index contributed by atoms with van der Waals surface area (Å²) in [4.78, 5) is 16.6. The molecule has 0 bridgehead atoms. The third-order valence-corrected chi connectivity index (χ3v) is 3.72. The van der Waals surface area contributed by atoms with Gasteiger partial charge in [0.1, 0.15) is 0 Å². The van der Waals surface area contributed by atoms with Crippen molar-refractivity contribution in [3.8, 4) is 0 Å². The summed E-state index contributed by atoms with van der Waals surface area (Å²) in [5, 5.41) is 0. The fourth-order valence-electron chi connectivity index (χ4n) is 2.89. The number of carbonyl (C=O) groups excluding carboxylic acids is 1. The molecule has 1 aliphatic rings. The summed E-state index contributed by atoms with van der Waals surface area (Å²) in [6.07, 6.45) is 1.04. The molecule has 1 saturated heterocycles. The van der Waals surface area contributed by atoms with E-state index < -0.39 is 0 Å². The van der Waals surface area contributed by atoms with Crippen LogP contribution in [0.2, 0.25) is 0 Å². The van der Waals surface area contributed by atoms with Crippen molar-refractivity contribution < 1.29 is 4.79 Å². The van der Waals surface area contributed by atoms with Crippen LogP contribution in [0.1, 0.15) is 27.2 Å². The molecule has 0 radical (unpaired) electrons. The number of rotatable bonds is 4. The highest BCUT2D eigenvalue weighted by molar-refractivity contribution is 5.82. The zero-order valence-electron chi connectivity index (χ0n) is 11.8. The Morgan fingerprint density at radius 3 is 2.41 bits per heavy atom. The maximum atomic E-state index is 12.5. The Hall–Kier alpha value is -0.610. The van der Waals surface area contributed by atoms with Gasteiger partial charge >= 0.3 is 0 Å². The van der Waals surface area contributed by atoms with Crippen LogP contribution in [0, 0.1) is 11.8 Å². The molecule has 1 heterocycles. The van der Waals surface area contributed by atoms with Crippen molar-refractivity contribution in [1.29, 1.82) is 0 Å². The van der Waals surface area contributed by atoms with Crippen LogP contribution in [0.3, 0.4) is 0 Å². The van der Waals surface area contributed by atoms with Crippen LogP contribution in [0.15, 0.2) is 0 Å². The van der Waals surface area contributed by atoms with Gasteiger partial charge < -0.3 is 10.6 Å². The molecule has 0 aromatic rings. The van der Waals surface area contributed by atoms with E-state index in [1.54, 1.807) is 0 Å². The summed E-state index contributed by atoms with van der Waals surface area (Å²) in [7, 11) is 3.95. The summed E-state index contributed by atoms with van der Waals surface area (Å²) in [5.41, 5.74) is 5.71. The highest BCUT2D eigenvalue weighted by Gasteiger charge is 2.36. The van der Waals surface area contributed by atoms with Gasteiger partial charge in [0, 0.05) is 12.6 Å². The molecule has 0 aliphatic carbocycles. The van der Waals surface area contributed by atoms with Gasteiger partial charge in [0.15, 0.2) is 0 Å². The first-order valence-corrected chi connectivity index (χ1v) is 6.55. The van der Waals surface area contributed by atoms with Crippen molar-refractivity contribution in [1.82, 2.24) is 9.80 Å². The fraction of sp³-hybridized carbons (Fsp3) is 0.923. The van der Waals surface area contributed by atoms with E-state index in [-0.39, 0.29) is 11.9 Å². The molecule has 1 aliphatic heterocycles. The van der Waals surface area contributed by atoms with Crippen molar-refractivity contribution in [2.75, 3.05) is 27.2 Å². The fourth-order valence-corrected chi connectivity index (χ4v) is 2.89. The van der Waals surface area contributed by atoms with Gasteiger partial charge in [0.25, 0.3) is 0 Å². The molecule has 0 saturated carbocycles. The topological polar surface area (TPSA) is 49.6 Å². The van der Waals surface area contributed by atoms with Crippen LogP contribution in [0.4, 0.5) is 0 Å². The summed E-state index contributed by atoms with van der Waals surface area (Å²) in [6.45, 7) is 7.84. The van der Waals surface area contributed by atoms with Crippen molar-refractivity contribution in [3.63, 3.8) is 0 Å². The average Bonchev–Trinajstić information content (AvgIpc) is 2.58. The summed E-state index contributed by atoms with van der Waals surface area (Å²) in [5.74, 6) is 1.07. The molecular formula is C13H27N3O. The number of amides is 1. The van der Waals surface area contributed by atoms with Crippen molar-refractivity contribution in [2.45, 2.75) is 39.3 Å². The van der Waals surface area contributed by atoms with Gasteiger partial charge in [-0.1, -0.05) is 13.8 Å². The maximum absolute atomic E-state index is 12.5. The Morgan fingerprint density at radius 1 is 1.47 bits per heavy atom. The lowest BCUT2D eigenvalue weighted by atomic mass is 10.0. The first-order chi connectivity index (χ1) is 7.88. The molecule has 1 amide bonds. The van der Waals surface area contributed by atoms with E-state index in [0.29, 0.717) is 24.4 Å². The molecule has 100 valence electrons. The van der Waals surface area contributed by atoms with Crippen molar-refractivity contribution >= 4 is 5.91 Å². The quantitative estimate of drug-likeness (QED) is 0.791. The largest absolute Gasteiger partial charge is 0.338 e. The van der Waals surface area contributed by atoms with Gasteiger partial charge in [-0.2, -0.15) is 0 Å². The van der Waals surface area contributed by atoms with Crippen LogP contribution in [0.5, 0.6) is 0 Å². The number of likely N-dealkylation sites (tertiary alicyclic amines) is 1. The zero-order chi connectivity index (χ0) is 13.2. The summed E-state index contributed by atoms with van der Waals surface area (Å²) in [6, 6.07) is 0.311. The third kappa shape index (κ3) is 3.19. The Bertz CT molecular complexity index is 257. The van der Waals surface area contributed by atoms with E-state index in [1.807, 2.05) is 23.9 Å². The predicted octanol–water partition coefficient (Wildman–Crippen LogP) is 0.768. The molecule has 0 spiro atoms. The van der Waals surface area contributed by atoms with Crippen molar-refractivity contribution in [3.05, 3.63) is 0 Å². The van der Waals surface area contributed by atoms with Gasteiger partial charge in [-0.25, -0.2) is 0 Å². The molecule has 4 heteroatoms. The van der Waals surface area contributed by atoms with E-state index in [0.717, 1.165) is 13.0 Å². The van der Waals surface area contributed by atoms with Gasteiger partial charge in [0.05, 0.1) is 6.04 Å². The highest BCUT2D eigenvalue weighted by atomic mass is 16.2. The van der Waals surface area contributed by atoms with Crippen LogP contribution in [-0.4, -0.2) is 55.0 Å². The highest BCUT2D eigenvalue weighted by Crippen LogP contribution is 2.24. The predicted molar refractivity (Wildman–Crippen MR) is 70.6 cm³/mol. The first-order valence-electron chi connectivity index (χ1n) is 6.55. The standard InChI is InChI=1S/C13H27N3O/c1-9(2)12(15(4)5)13(17)16-8-11(7-14)6-10(16)3/h9-12H,6-8,14H2,1-5H3/t10?,11?,12-/m1/s1. The lowest BCUT2D eigenvalue weighted by Gasteiger charge is -2.33. The molecule has 1 rings (SSSR count). The second kappa shape index (κ2) is 5.83. The zero-order valence-corrected chi connectivity index (χ0v) is 11.8. The summed E-state index contributed by atoms with van der Waals surface area (Å²) >= 11 is 0. The molecule has 4 nitrogen and oxygen atoms in total. The van der Waals surface area contributed by atoms with Gasteiger partial charge in [-0.15, -0.1) is 0 Å². The Labute approximate surface area is 105 Å². The minimum Gasteiger partial charge on any atom is -0.338 e. The first kappa shape index (κ1) is 14.5. The molecular weight excluding hydrogens is 214 g/mol. The third-order valence-electron chi connectivity index (χ3n) is 3.72. The van der Waals surface area contributed by atoms with Gasteiger partial charge in [-0.3, -0.25) is 9.69 Å². The number of likely N-dealkylation sites (N-methyl/N-ethyl adjacent to an activating group) is 1. The van der Waals surface area contributed by atoms with Crippen LogP contribution >= 0.6 is 0 Å². The number of hydrogen-bond donors (Lipinski definition) is 1. The summed E-state index contributed by atoms with van der Waals surface area (Å²) < 4.78 is 0. The monoisotopic (exact) mass is 241 g/mol. The van der Waals surface area contributed by atoms with E-state index in [1.165, 1.54) is 0 Å². The second-order valence-corrected chi connectivity index (χ2v) is 5.83. The van der Waals surface area contributed by atoms with Crippen LogP contribution in [-0.2, 0) is 4.79 Å². The van der Waals surface area contributed by atoms with E-state index in [4.69, 9.17) is 5.73 Å². The Kier molecular flexibility index (Phi) is 4.95. The molecule has 2 unspecified atom stereocenters. The molecule has 17 heavy (non-hydrogen) atoms. The van der Waals surface area contributed by atoms with Gasteiger partial charge in [-0.05, 0) is 45.8 Å². The second-order valence-electron chi connectivity index (χ2n) is 5.83. The minimum atomic E-state index is -0.0195. The average molecular weight is 241 g/mol. The normalized spacial score (nSPS) is 26.9. The van der Waals surface area contributed by atoms with Crippen LogP contribution < -0.4 is 5.73 Å². The number of carbonyl (C=O) groups is 1. The van der Waals surface area contributed by atoms with E-state index in [2.05, 4.69) is 20.8 Å². The smallest absolute Gasteiger partial charge is 0.240 e. The van der Waals surface area contributed by atoms with E-state index in [9.17, 15) is 4.79 Å². The lowest BCUT2D eigenvalue weighted by molar-refractivity contribution is -0.138. The number of nitrogens with two attached hydrogens (primary N) is 1. The van der Waals surface area contributed by atoms with E-state index >= 15 is 0 Å². The molecule has 0 aromatic heterocycles. The Balaban J connectivity index is 2.75.